The van der Waals surface area contributed by atoms with Crippen LogP contribution in [-0.2, 0) is 11.2 Å². The van der Waals surface area contributed by atoms with Gasteiger partial charge in [-0.25, -0.2) is 4.39 Å². The molecule has 2 aromatic carbocycles. The molecule has 0 atom stereocenters. The maximum absolute atomic E-state index is 13.8. The van der Waals surface area contributed by atoms with E-state index in [1.807, 2.05) is 6.07 Å². The van der Waals surface area contributed by atoms with E-state index in [4.69, 9.17) is 34.6 Å². The third kappa shape index (κ3) is 3.57. The van der Waals surface area contributed by atoms with Gasteiger partial charge in [0.1, 0.15) is 25.2 Å². The summed E-state index contributed by atoms with van der Waals surface area (Å²) in [6.45, 7) is 0. The number of carboxylic acids is 1. The van der Waals surface area contributed by atoms with Crippen molar-refractivity contribution in [3.05, 3.63) is 52.3 Å². The summed E-state index contributed by atoms with van der Waals surface area (Å²) in [7, 11) is 5.74. The van der Waals surface area contributed by atoms with Crippen molar-refractivity contribution in [1.82, 2.24) is 0 Å². The molecule has 0 saturated carbocycles. The van der Waals surface area contributed by atoms with Gasteiger partial charge in [-0.2, -0.15) is 5.26 Å². The van der Waals surface area contributed by atoms with Crippen molar-refractivity contribution >= 4 is 30.9 Å². The van der Waals surface area contributed by atoms with Crippen LogP contribution in [0.1, 0.15) is 11.1 Å². The molecule has 4 nitrogen and oxygen atoms in total. The standard InChI is InChI=1S/C15H8BClFNO3/c16-10-3-8(7-19)1-2-13(10)22-14-6-12(18)9(4-11(14)17)5-15(20)21/h1-4,6H,5H2,(H,20,21). The molecule has 0 heterocycles. The number of ether oxygens (including phenoxy) is 1. The fourth-order valence-electron chi connectivity index (χ4n) is 1.78. The van der Waals surface area contributed by atoms with Crippen molar-refractivity contribution in [1.29, 1.82) is 5.26 Å². The van der Waals surface area contributed by atoms with E-state index in [0.29, 0.717) is 5.56 Å². The SMILES string of the molecule is [B]c1cc(C#N)ccc1Oc1cc(F)c(CC(=O)O)cc1Cl. The van der Waals surface area contributed by atoms with Crippen LogP contribution in [0.15, 0.2) is 30.3 Å². The second kappa shape index (κ2) is 6.50. The van der Waals surface area contributed by atoms with Gasteiger partial charge in [-0.15, -0.1) is 0 Å². The molecule has 0 unspecified atom stereocenters. The molecule has 7 heteroatoms. The zero-order valence-electron chi connectivity index (χ0n) is 11.1. The van der Waals surface area contributed by atoms with Crippen molar-refractivity contribution < 1.29 is 19.0 Å². The molecular formula is C15H8BClFNO3. The van der Waals surface area contributed by atoms with E-state index in [-0.39, 0.29) is 27.5 Å². The highest BCUT2D eigenvalue weighted by Gasteiger charge is 2.13. The summed E-state index contributed by atoms with van der Waals surface area (Å²) in [4.78, 5) is 10.6. The molecule has 2 rings (SSSR count). The molecule has 0 fully saturated rings. The summed E-state index contributed by atoms with van der Waals surface area (Å²) in [5, 5.41) is 17.5. The molecular weight excluding hydrogens is 307 g/mol. The molecule has 0 saturated heterocycles. The van der Waals surface area contributed by atoms with E-state index < -0.39 is 18.2 Å². The largest absolute Gasteiger partial charge is 0.481 e. The lowest BCUT2D eigenvalue weighted by Crippen LogP contribution is -2.08. The fraction of sp³-hybridized carbons (Fsp3) is 0.0667. The first kappa shape index (κ1) is 15.9. The monoisotopic (exact) mass is 315 g/mol. The highest BCUT2D eigenvalue weighted by atomic mass is 35.5. The van der Waals surface area contributed by atoms with Gasteiger partial charge in [-0.1, -0.05) is 17.1 Å². The van der Waals surface area contributed by atoms with Crippen LogP contribution < -0.4 is 10.2 Å². The van der Waals surface area contributed by atoms with Gasteiger partial charge in [-0.05, 0) is 24.3 Å². The number of carbonyl (C=O) groups is 1. The Kier molecular flexibility index (Phi) is 4.69. The number of aliphatic carboxylic acids is 1. The number of nitrogens with zero attached hydrogens (tertiary/aromatic N) is 1. The van der Waals surface area contributed by atoms with Crippen molar-refractivity contribution in [3.8, 4) is 17.6 Å². The van der Waals surface area contributed by atoms with Gasteiger partial charge in [0.2, 0.25) is 0 Å². The number of nitriles is 1. The average Bonchev–Trinajstić information content (AvgIpc) is 2.45. The summed E-state index contributed by atoms with van der Waals surface area (Å²) < 4.78 is 19.3. The number of hydrogen-bond acceptors (Lipinski definition) is 3. The molecule has 0 aromatic heterocycles. The number of halogens is 2. The Morgan fingerprint density at radius 2 is 2.09 bits per heavy atom. The maximum Gasteiger partial charge on any atom is 0.307 e. The lowest BCUT2D eigenvalue weighted by atomic mass is 9.93. The maximum atomic E-state index is 13.8. The lowest BCUT2D eigenvalue weighted by Gasteiger charge is -2.12. The minimum atomic E-state index is -1.17. The van der Waals surface area contributed by atoms with Crippen LogP contribution in [0.4, 0.5) is 4.39 Å². The van der Waals surface area contributed by atoms with Crippen LogP contribution in [0.2, 0.25) is 5.02 Å². The van der Waals surface area contributed by atoms with Crippen molar-refractivity contribution in [2.75, 3.05) is 0 Å². The molecule has 0 aliphatic rings. The molecule has 0 bridgehead atoms. The highest BCUT2D eigenvalue weighted by molar-refractivity contribution is 6.34. The van der Waals surface area contributed by atoms with Gasteiger partial charge in [0.15, 0.2) is 0 Å². The second-order valence-corrected chi connectivity index (χ2v) is 4.82. The van der Waals surface area contributed by atoms with Gasteiger partial charge >= 0.3 is 5.97 Å². The van der Waals surface area contributed by atoms with E-state index in [9.17, 15) is 9.18 Å². The van der Waals surface area contributed by atoms with Crippen LogP contribution in [0.3, 0.4) is 0 Å². The zero-order chi connectivity index (χ0) is 16.3. The normalized spacial score (nSPS) is 10.0. The van der Waals surface area contributed by atoms with Gasteiger partial charge in [0.25, 0.3) is 0 Å². The smallest absolute Gasteiger partial charge is 0.307 e. The average molecular weight is 315 g/mol. The van der Waals surface area contributed by atoms with Crippen LogP contribution in [0.5, 0.6) is 11.5 Å². The molecule has 2 radical (unpaired) electrons. The number of hydrogen-bond donors (Lipinski definition) is 1. The first-order valence-electron chi connectivity index (χ1n) is 6.08. The second-order valence-electron chi connectivity index (χ2n) is 4.41. The van der Waals surface area contributed by atoms with E-state index >= 15 is 0 Å². The van der Waals surface area contributed by atoms with Crippen LogP contribution in [0.25, 0.3) is 0 Å². The van der Waals surface area contributed by atoms with Crippen LogP contribution in [0, 0.1) is 17.1 Å². The highest BCUT2D eigenvalue weighted by Crippen LogP contribution is 2.31. The molecule has 22 heavy (non-hydrogen) atoms. The summed E-state index contributed by atoms with van der Waals surface area (Å²) in [6.07, 6.45) is -0.481. The Morgan fingerprint density at radius 1 is 1.36 bits per heavy atom. The van der Waals surface area contributed by atoms with E-state index in [1.54, 1.807) is 0 Å². The Bertz CT molecular complexity index is 789. The van der Waals surface area contributed by atoms with Gasteiger partial charge in [0, 0.05) is 11.6 Å². The van der Waals surface area contributed by atoms with E-state index in [1.165, 1.54) is 24.3 Å². The van der Waals surface area contributed by atoms with Crippen molar-refractivity contribution in [3.63, 3.8) is 0 Å². The predicted molar refractivity (Wildman–Crippen MR) is 79.4 cm³/mol. The molecule has 0 amide bonds. The molecule has 108 valence electrons. The first-order valence-corrected chi connectivity index (χ1v) is 6.45. The van der Waals surface area contributed by atoms with Gasteiger partial charge < -0.3 is 9.84 Å². The minimum absolute atomic E-state index is 0.00436. The molecule has 1 N–H and O–H groups in total. The Hall–Kier alpha value is -2.52. The first-order chi connectivity index (χ1) is 10.4. The fourth-order valence-corrected chi connectivity index (χ4v) is 2.00. The Morgan fingerprint density at radius 3 is 2.68 bits per heavy atom. The third-order valence-electron chi connectivity index (χ3n) is 2.80. The summed E-state index contributed by atoms with van der Waals surface area (Å²) in [5.41, 5.74) is 0.515. The topological polar surface area (TPSA) is 70.3 Å². The van der Waals surface area contributed by atoms with E-state index in [2.05, 4.69) is 0 Å². The Labute approximate surface area is 132 Å². The third-order valence-corrected chi connectivity index (χ3v) is 3.10. The van der Waals surface area contributed by atoms with Gasteiger partial charge in [-0.3, -0.25) is 4.79 Å². The van der Waals surface area contributed by atoms with Crippen molar-refractivity contribution in [2.24, 2.45) is 0 Å². The van der Waals surface area contributed by atoms with Crippen LogP contribution >= 0.6 is 11.6 Å². The molecule has 2 aromatic rings. The van der Waals surface area contributed by atoms with Crippen LogP contribution in [-0.4, -0.2) is 18.9 Å². The number of benzene rings is 2. The summed E-state index contributed by atoms with van der Waals surface area (Å²) in [5.74, 6) is -1.69. The summed E-state index contributed by atoms with van der Waals surface area (Å²) >= 11 is 5.97. The predicted octanol–water partition coefficient (Wildman–Crippen LogP) is 2.56. The number of carboxylic acid groups (broad SMARTS) is 1. The molecule has 0 aliphatic heterocycles. The quantitative estimate of drug-likeness (QED) is 0.880. The number of rotatable bonds is 4. The summed E-state index contributed by atoms with van der Waals surface area (Å²) in [6, 6.07) is 8.50. The molecule has 0 spiro atoms. The minimum Gasteiger partial charge on any atom is -0.481 e. The lowest BCUT2D eigenvalue weighted by molar-refractivity contribution is -0.136. The zero-order valence-corrected chi connectivity index (χ0v) is 11.9. The molecule has 0 aliphatic carbocycles. The van der Waals surface area contributed by atoms with Crippen molar-refractivity contribution in [2.45, 2.75) is 6.42 Å². The van der Waals surface area contributed by atoms with E-state index in [0.717, 1.165) is 6.07 Å². The van der Waals surface area contributed by atoms with Gasteiger partial charge in [0.05, 0.1) is 23.1 Å². The Balaban J connectivity index is 2.33.